The standard InChI is InChI=1S/C81H72BN3O2/c1-12-20-50(2)76-60-22-14-13-21-51(60)31-43-69(76)83(56-37-32-53(33-38-56)79(3,4)5)58-40-42-66-70(48-58)84(57-35-29-52(30-36-57)61-25-19-26-65-63-24-16-18-28-74(63)87-78(61)65)71-46-55(81(9,10)11)47-72-77(71)82(66)67-45-54(80(6,7)8)34-44-68(67)85(72)59-39-41-64-62-23-15-17-27-73(62)86-75(64)49-59/h13-49H,12H2,1-11H3/b50-20+. The van der Waals surface area contributed by atoms with Gasteiger partial charge in [-0.2, -0.15) is 0 Å². The lowest BCUT2D eigenvalue weighted by Gasteiger charge is -2.45. The summed E-state index contributed by atoms with van der Waals surface area (Å²) in [6.07, 6.45) is 3.31. The number of allylic oxidation sites excluding steroid dienone is 2. The number of hydrogen-bond acceptors (Lipinski definition) is 5. The third kappa shape index (κ3) is 8.89. The summed E-state index contributed by atoms with van der Waals surface area (Å²) in [7, 11) is 0. The first-order chi connectivity index (χ1) is 41.9. The van der Waals surface area contributed by atoms with Crippen LogP contribution in [0.15, 0.2) is 233 Å². The van der Waals surface area contributed by atoms with E-state index in [1.807, 2.05) is 6.07 Å². The van der Waals surface area contributed by atoms with Crippen LogP contribution in [0, 0.1) is 0 Å². The first-order valence-corrected chi connectivity index (χ1v) is 31.0. The molecular weight excluding hydrogens is 1060 g/mol. The van der Waals surface area contributed by atoms with E-state index in [1.165, 1.54) is 66.4 Å². The van der Waals surface area contributed by atoms with Gasteiger partial charge in [-0.15, -0.1) is 0 Å². The Morgan fingerprint density at radius 1 is 0.448 bits per heavy atom. The van der Waals surface area contributed by atoms with Gasteiger partial charge in [-0.1, -0.05) is 203 Å². The third-order valence-corrected chi connectivity index (χ3v) is 18.5. The van der Waals surface area contributed by atoms with Crippen molar-refractivity contribution in [1.82, 2.24) is 0 Å². The fourth-order valence-electron chi connectivity index (χ4n) is 14.0. The summed E-state index contributed by atoms with van der Waals surface area (Å²) < 4.78 is 13.4. The molecule has 0 amide bonds. The van der Waals surface area contributed by atoms with Crippen LogP contribution in [-0.4, -0.2) is 6.71 Å². The van der Waals surface area contributed by atoms with Crippen molar-refractivity contribution in [3.8, 4) is 11.1 Å². The van der Waals surface area contributed by atoms with Gasteiger partial charge in [0, 0.05) is 84.2 Å². The van der Waals surface area contributed by atoms with Crippen LogP contribution in [0.5, 0.6) is 0 Å². The van der Waals surface area contributed by atoms with E-state index < -0.39 is 0 Å². The molecule has 2 aliphatic heterocycles. The van der Waals surface area contributed by atoms with Gasteiger partial charge in [-0.05, 0) is 170 Å². The molecule has 0 unspecified atom stereocenters. The highest BCUT2D eigenvalue weighted by molar-refractivity contribution is 7.00. The van der Waals surface area contributed by atoms with Gasteiger partial charge in [0.15, 0.2) is 0 Å². The highest BCUT2D eigenvalue weighted by Gasteiger charge is 2.45. The molecule has 0 saturated heterocycles. The van der Waals surface area contributed by atoms with Gasteiger partial charge in [0.05, 0.1) is 5.69 Å². The number of para-hydroxylation sites is 3. The van der Waals surface area contributed by atoms with Crippen LogP contribution >= 0.6 is 0 Å². The lowest BCUT2D eigenvalue weighted by molar-refractivity contribution is 0.590. The molecule has 0 aliphatic carbocycles. The molecule has 0 N–H and O–H groups in total. The Morgan fingerprint density at radius 2 is 1.05 bits per heavy atom. The number of rotatable bonds is 8. The number of furan rings is 2. The van der Waals surface area contributed by atoms with E-state index in [-0.39, 0.29) is 23.0 Å². The zero-order valence-electron chi connectivity index (χ0n) is 51.8. The van der Waals surface area contributed by atoms with Gasteiger partial charge < -0.3 is 23.5 Å². The van der Waals surface area contributed by atoms with Gasteiger partial charge >= 0.3 is 0 Å². The molecular formula is C81H72BN3O2. The summed E-state index contributed by atoms with van der Waals surface area (Å²) in [5, 5.41) is 6.93. The molecule has 6 heteroatoms. The summed E-state index contributed by atoms with van der Waals surface area (Å²) in [4.78, 5) is 7.63. The number of fused-ring (bicyclic) bond motifs is 11. The molecule has 0 saturated carbocycles. The van der Waals surface area contributed by atoms with Crippen molar-refractivity contribution >= 4 is 135 Å². The molecule has 13 aromatic rings. The molecule has 5 nitrogen and oxygen atoms in total. The van der Waals surface area contributed by atoms with Gasteiger partial charge in [-0.3, -0.25) is 0 Å². The number of nitrogens with zero attached hydrogens (tertiary/aromatic N) is 3. The molecule has 0 bridgehead atoms. The van der Waals surface area contributed by atoms with Gasteiger partial charge in [-0.25, -0.2) is 0 Å². The summed E-state index contributed by atoms with van der Waals surface area (Å²) >= 11 is 0. The second-order valence-corrected chi connectivity index (χ2v) is 27.3. The molecule has 0 fully saturated rings. The lowest BCUT2D eigenvalue weighted by Crippen LogP contribution is -2.61. The van der Waals surface area contributed by atoms with E-state index in [0.717, 1.165) is 101 Å². The maximum absolute atomic E-state index is 6.70. The van der Waals surface area contributed by atoms with E-state index >= 15 is 0 Å². The molecule has 15 rings (SSSR count). The predicted octanol–water partition coefficient (Wildman–Crippen LogP) is 21.6. The second-order valence-electron chi connectivity index (χ2n) is 27.3. The van der Waals surface area contributed by atoms with Crippen molar-refractivity contribution in [2.45, 2.75) is 98.8 Å². The largest absolute Gasteiger partial charge is 0.456 e. The summed E-state index contributed by atoms with van der Waals surface area (Å²) in [5.41, 5.74) is 25.6. The Bertz CT molecular complexity index is 4940. The Balaban J connectivity index is 1.02. The van der Waals surface area contributed by atoms with Crippen LogP contribution in [0.4, 0.5) is 51.2 Å². The fraction of sp³-hybridized carbons (Fsp3) is 0.185. The first-order valence-electron chi connectivity index (χ1n) is 31.0. The molecule has 4 heterocycles. The Labute approximate surface area is 511 Å². The van der Waals surface area contributed by atoms with Crippen molar-refractivity contribution in [3.63, 3.8) is 0 Å². The monoisotopic (exact) mass is 1130 g/mol. The van der Waals surface area contributed by atoms with Crippen molar-refractivity contribution in [3.05, 3.63) is 247 Å². The average Bonchev–Trinajstić information content (AvgIpc) is 1.22. The lowest BCUT2D eigenvalue weighted by atomic mass is 9.33. The Kier molecular flexibility index (Phi) is 12.5. The SMILES string of the molecule is CC/C=C(\C)c1c(N(c2ccc(C(C)(C)C)cc2)c2ccc3c(c2)N(c2ccc(-c4cccc5c4oc4ccccc45)cc2)c2cc(C(C)(C)C)cc4c2B3c2cc(C(C)(C)C)ccc2N4c2ccc3c(c2)oc2ccccc23)ccc2ccccc12. The molecule has 2 aromatic heterocycles. The highest BCUT2D eigenvalue weighted by Crippen LogP contribution is 2.51. The van der Waals surface area contributed by atoms with Crippen LogP contribution in [0.2, 0.25) is 0 Å². The van der Waals surface area contributed by atoms with Crippen LogP contribution in [0.25, 0.3) is 71.3 Å². The van der Waals surface area contributed by atoms with Crippen LogP contribution in [-0.2, 0) is 16.2 Å². The van der Waals surface area contributed by atoms with Gasteiger partial charge in [0.1, 0.15) is 22.3 Å². The molecule has 87 heavy (non-hydrogen) atoms. The van der Waals surface area contributed by atoms with E-state index in [1.54, 1.807) is 0 Å². The van der Waals surface area contributed by atoms with Gasteiger partial charge in [0.2, 0.25) is 0 Å². The quantitative estimate of drug-likeness (QED) is 0.142. The number of anilines is 9. The topological polar surface area (TPSA) is 36.0 Å². The third-order valence-electron chi connectivity index (χ3n) is 18.5. The minimum Gasteiger partial charge on any atom is -0.456 e. The van der Waals surface area contributed by atoms with Crippen LogP contribution < -0.4 is 31.1 Å². The van der Waals surface area contributed by atoms with Crippen molar-refractivity contribution in [1.29, 1.82) is 0 Å². The minimum atomic E-state index is -0.221. The van der Waals surface area contributed by atoms with Gasteiger partial charge in [0.25, 0.3) is 6.71 Å². The van der Waals surface area contributed by atoms with E-state index in [2.05, 4.69) is 309 Å². The van der Waals surface area contributed by atoms with E-state index in [9.17, 15) is 0 Å². The normalized spacial score (nSPS) is 13.5. The van der Waals surface area contributed by atoms with Crippen LogP contribution in [0.3, 0.4) is 0 Å². The molecule has 0 atom stereocenters. The fourth-order valence-corrected chi connectivity index (χ4v) is 14.0. The van der Waals surface area contributed by atoms with Crippen molar-refractivity contribution in [2.75, 3.05) is 14.7 Å². The predicted molar refractivity (Wildman–Crippen MR) is 373 cm³/mol. The summed E-state index contributed by atoms with van der Waals surface area (Å²) in [6.45, 7) is 25.3. The van der Waals surface area contributed by atoms with Crippen molar-refractivity contribution in [2.24, 2.45) is 0 Å². The second kappa shape index (κ2) is 20.0. The van der Waals surface area contributed by atoms with Crippen molar-refractivity contribution < 1.29 is 8.83 Å². The molecule has 426 valence electrons. The van der Waals surface area contributed by atoms with Crippen LogP contribution in [0.1, 0.15) is 105 Å². The maximum atomic E-state index is 6.70. The summed E-state index contributed by atoms with van der Waals surface area (Å²) in [6, 6.07) is 81.8. The van der Waals surface area contributed by atoms with E-state index in [0.29, 0.717) is 0 Å². The highest BCUT2D eigenvalue weighted by atomic mass is 16.3. The minimum absolute atomic E-state index is 0.0184. The Morgan fingerprint density at radius 3 is 1.75 bits per heavy atom. The average molecular weight is 1130 g/mol. The Hall–Kier alpha value is -9.52. The zero-order valence-corrected chi connectivity index (χ0v) is 51.8. The van der Waals surface area contributed by atoms with E-state index in [4.69, 9.17) is 8.83 Å². The maximum Gasteiger partial charge on any atom is 0.252 e. The molecule has 0 spiro atoms. The first kappa shape index (κ1) is 54.2. The zero-order chi connectivity index (χ0) is 59.8. The number of benzene rings is 11. The number of hydrogen-bond donors (Lipinski definition) is 0. The molecule has 11 aromatic carbocycles. The molecule has 0 radical (unpaired) electrons. The summed E-state index contributed by atoms with van der Waals surface area (Å²) in [5.74, 6) is 0. The smallest absolute Gasteiger partial charge is 0.252 e. The molecule has 2 aliphatic rings.